The molecule has 2 rings (SSSR count). The Labute approximate surface area is 124 Å². The summed E-state index contributed by atoms with van der Waals surface area (Å²) in [6, 6.07) is 0. The third kappa shape index (κ3) is 4.53. The van der Waals surface area contributed by atoms with E-state index in [9.17, 15) is 13.2 Å². The van der Waals surface area contributed by atoms with Gasteiger partial charge in [0.1, 0.15) is 6.26 Å². The second-order valence-corrected chi connectivity index (χ2v) is 7.32. The molecule has 0 unspecified atom stereocenters. The lowest BCUT2D eigenvalue weighted by Gasteiger charge is -2.29. The van der Waals surface area contributed by atoms with Crippen LogP contribution in [-0.4, -0.2) is 49.5 Å². The summed E-state index contributed by atoms with van der Waals surface area (Å²) < 4.78 is 29.3. The summed E-state index contributed by atoms with van der Waals surface area (Å²) in [5.74, 6) is 0.495. The highest BCUT2D eigenvalue weighted by Crippen LogP contribution is 2.19. The van der Waals surface area contributed by atoms with Gasteiger partial charge in [0.2, 0.25) is 15.9 Å². The van der Waals surface area contributed by atoms with Crippen LogP contribution >= 0.6 is 0 Å². The highest BCUT2D eigenvalue weighted by molar-refractivity contribution is 7.88. The van der Waals surface area contributed by atoms with E-state index < -0.39 is 10.0 Å². The minimum Gasteiger partial charge on any atom is -0.449 e. The first-order chi connectivity index (χ1) is 9.86. The van der Waals surface area contributed by atoms with E-state index >= 15 is 0 Å². The summed E-state index contributed by atoms with van der Waals surface area (Å²) >= 11 is 0. The molecule has 2 heterocycles. The van der Waals surface area contributed by atoms with Crippen molar-refractivity contribution >= 4 is 15.9 Å². The van der Waals surface area contributed by atoms with Crippen LogP contribution in [0.2, 0.25) is 0 Å². The van der Waals surface area contributed by atoms with Gasteiger partial charge in [-0.1, -0.05) is 0 Å². The molecule has 0 bridgehead atoms. The van der Waals surface area contributed by atoms with Crippen molar-refractivity contribution in [2.45, 2.75) is 26.2 Å². The number of oxazole rings is 1. The summed E-state index contributed by atoms with van der Waals surface area (Å²) in [5.41, 5.74) is 0.819. The van der Waals surface area contributed by atoms with Gasteiger partial charge in [0.25, 0.3) is 0 Å². The first-order valence-electron chi connectivity index (χ1n) is 7.00. The van der Waals surface area contributed by atoms with Crippen LogP contribution in [0.3, 0.4) is 0 Å². The molecule has 7 nitrogen and oxygen atoms in total. The lowest BCUT2D eigenvalue weighted by molar-refractivity contribution is -0.126. The van der Waals surface area contributed by atoms with Crippen molar-refractivity contribution < 1.29 is 17.6 Å². The van der Waals surface area contributed by atoms with Crippen molar-refractivity contribution in [2.75, 3.05) is 25.9 Å². The fraction of sp³-hybridized carbons (Fsp3) is 0.692. The zero-order valence-electron chi connectivity index (χ0n) is 12.3. The van der Waals surface area contributed by atoms with E-state index in [1.54, 1.807) is 13.2 Å². The quantitative estimate of drug-likeness (QED) is 0.844. The van der Waals surface area contributed by atoms with E-state index in [0.717, 1.165) is 5.69 Å². The lowest BCUT2D eigenvalue weighted by Crippen LogP contribution is -2.42. The molecule has 0 saturated carbocycles. The number of aryl methyl sites for hydroxylation is 1. The van der Waals surface area contributed by atoms with Gasteiger partial charge in [-0.2, -0.15) is 0 Å². The van der Waals surface area contributed by atoms with E-state index in [-0.39, 0.29) is 11.8 Å². The van der Waals surface area contributed by atoms with Gasteiger partial charge in [-0.05, 0) is 12.8 Å². The van der Waals surface area contributed by atoms with Crippen LogP contribution in [0.1, 0.15) is 24.4 Å². The Bertz CT molecular complexity index is 588. The number of rotatable bonds is 5. The molecule has 0 aromatic carbocycles. The highest BCUT2D eigenvalue weighted by Gasteiger charge is 2.28. The highest BCUT2D eigenvalue weighted by atomic mass is 32.2. The standard InChI is InChI=1S/C13H21N3O4S/c1-10-15-12(9-20-10)3-6-14-13(17)11-4-7-16(8-5-11)21(2,18)19/h9,11H,3-8H2,1-2H3,(H,14,17). The number of nitrogens with one attached hydrogen (secondary N) is 1. The van der Waals surface area contributed by atoms with Gasteiger partial charge in [-0.15, -0.1) is 0 Å². The largest absolute Gasteiger partial charge is 0.449 e. The Hall–Kier alpha value is -1.41. The molecule has 8 heteroatoms. The minimum absolute atomic E-state index is 0.0108. The summed E-state index contributed by atoms with van der Waals surface area (Å²) in [6.07, 6.45) is 4.56. The van der Waals surface area contributed by atoms with Crippen LogP contribution in [-0.2, 0) is 21.2 Å². The van der Waals surface area contributed by atoms with E-state index in [1.165, 1.54) is 10.6 Å². The maximum atomic E-state index is 12.0. The normalized spacial score (nSPS) is 17.8. The van der Waals surface area contributed by atoms with Gasteiger partial charge in [0, 0.05) is 38.9 Å². The monoisotopic (exact) mass is 315 g/mol. The van der Waals surface area contributed by atoms with E-state index in [0.29, 0.717) is 44.8 Å². The van der Waals surface area contributed by atoms with E-state index in [2.05, 4.69) is 10.3 Å². The molecule has 1 aromatic rings. The predicted molar refractivity (Wildman–Crippen MR) is 77.1 cm³/mol. The van der Waals surface area contributed by atoms with Crippen LogP contribution in [0.5, 0.6) is 0 Å². The summed E-state index contributed by atoms with van der Waals surface area (Å²) in [4.78, 5) is 16.2. The topological polar surface area (TPSA) is 92.5 Å². The predicted octanol–water partition coefficient (Wildman–Crippen LogP) is 0.313. The molecule has 21 heavy (non-hydrogen) atoms. The van der Waals surface area contributed by atoms with Gasteiger partial charge < -0.3 is 9.73 Å². The van der Waals surface area contributed by atoms with E-state index in [4.69, 9.17) is 4.42 Å². The zero-order valence-corrected chi connectivity index (χ0v) is 13.1. The zero-order chi connectivity index (χ0) is 15.5. The van der Waals surface area contributed by atoms with Crippen LogP contribution in [0.15, 0.2) is 10.7 Å². The molecule has 0 atom stereocenters. The Balaban J connectivity index is 1.72. The number of nitrogens with zero attached hydrogens (tertiary/aromatic N) is 2. The molecule has 1 N–H and O–H groups in total. The van der Waals surface area contributed by atoms with Crippen LogP contribution < -0.4 is 5.32 Å². The smallest absolute Gasteiger partial charge is 0.223 e. The summed E-state index contributed by atoms with van der Waals surface area (Å²) in [5, 5.41) is 2.88. The van der Waals surface area contributed by atoms with Crippen LogP contribution in [0.25, 0.3) is 0 Å². The molecule has 1 aromatic heterocycles. The minimum atomic E-state index is -3.14. The maximum absolute atomic E-state index is 12.0. The molecule has 0 radical (unpaired) electrons. The molecule has 118 valence electrons. The summed E-state index contributed by atoms with van der Waals surface area (Å²) in [7, 11) is -3.14. The number of hydrogen-bond donors (Lipinski definition) is 1. The van der Waals surface area contributed by atoms with Crippen molar-refractivity contribution in [1.29, 1.82) is 0 Å². The Morgan fingerprint density at radius 3 is 2.67 bits per heavy atom. The second-order valence-electron chi connectivity index (χ2n) is 5.34. The number of piperidine rings is 1. The molecule has 1 saturated heterocycles. The fourth-order valence-electron chi connectivity index (χ4n) is 2.43. The van der Waals surface area contributed by atoms with Gasteiger partial charge >= 0.3 is 0 Å². The number of carbonyl (C=O) groups excluding carboxylic acids is 1. The van der Waals surface area contributed by atoms with Crippen molar-refractivity contribution in [2.24, 2.45) is 5.92 Å². The number of hydrogen-bond acceptors (Lipinski definition) is 5. The molecule has 1 aliphatic heterocycles. The maximum Gasteiger partial charge on any atom is 0.223 e. The summed E-state index contributed by atoms with van der Waals surface area (Å²) in [6.45, 7) is 3.12. The van der Waals surface area contributed by atoms with Crippen molar-refractivity contribution in [3.63, 3.8) is 0 Å². The first-order valence-corrected chi connectivity index (χ1v) is 8.85. The van der Waals surface area contributed by atoms with Crippen LogP contribution in [0.4, 0.5) is 0 Å². The van der Waals surface area contributed by atoms with Crippen molar-refractivity contribution in [3.05, 3.63) is 17.8 Å². The van der Waals surface area contributed by atoms with Gasteiger partial charge in [-0.3, -0.25) is 4.79 Å². The third-order valence-corrected chi connectivity index (χ3v) is 4.94. The Morgan fingerprint density at radius 2 is 2.14 bits per heavy atom. The van der Waals surface area contributed by atoms with Crippen LogP contribution in [0, 0.1) is 12.8 Å². The third-order valence-electron chi connectivity index (χ3n) is 3.64. The van der Waals surface area contributed by atoms with Gasteiger partial charge in [-0.25, -0.2) is 17.7 Å². The SMILES string of the molecule is Cc1nc(CCNC(=O)C2CCN(S(C)(=O)=O)CC2)co1. The first kappa shape index (κ1) is 16.0. The van der Waals surface area contributed by atoms with Crippen molar-refractivity contribution in [3.8, 4) is 0 Å². The Kier molecular flexibility index (Phi) is 5.00. The molecule has 1 fully saturated rings. The number of sulfonamides is 1. The average Bonchev–Trinajstić information content (AvgIpc) is 2.83. The number of carbonyl (C=O) groups is 1. The average molecular weight is 315 g/mol. The number of aromatic nitrogens is 1. The van der Waals surface area contributed by atoms with Crippen molar-refractivity contribution in [1.82, 2.24) is 14.6 Å². The molecule has 1 aliphatic rings. The van der Waals surface area contributed by atoms with Gasteiger partial charge in [0.15, 0.2) is 5.89 Å². The molecule has 0 spiro atoms. The lowest BCUT2D eigenvalue weighted by atomic mass is 9.97. The van der Waals surface area contributed by atoms with E-state index in [1.807, 2.05) is 0 Å². The second kappa shape index (κ2) is 6.57. The number of amides is 1. The van der Waals surface area contributed by atoms with Gasteiger partial charge in [0.05, 0.1) is 11.9 Å². The Morgan fingerprint density at radius 1 is 1.48 bits per heavy atom. The fourth-order valence-corrected chi connectivity index (χ4v) is 3.30. The molecular weight excluding hydrogens is 294 g/mol. The molecule has 0 aliphatic carbocycles. The molecule has 1 amide bonds. The molecular formula is C13H21N3O4S.